The first-order chi connectivity index (χ1) is 24.0. The molecule has 0 atom stereocenters. The number of rotatable bonds is 8. The molecule has 0 aliphatic heterocycles. The number of nitrogens with zero attached hydrogens (tertiary/aromatic N) is 2. The predicted octanol–water partition coefficient (Wildman–Crippen LogP) is 9.69. The first-order valence-electron chi connectivity index (χ1n) is 18.1. The standard InChI is InChI=1S/C28H41N2P.C13H12N.CH4O3S.Pd/c1-29(2)25-19-13-20-26(30(3)4)28(25)24-18-11-12-21-27(24)31(22-14-7-5-8-15-22)23-16-9-6-10-17-23;1-14-13-10-6-5-9-12(13)11-7-3-2-4-8-11;1-5(2,3)4;/h11-13,18-23H,5-10,14-17H2,1-4H3;2-7,9-10,14H,1H3;1H3,(H,2,3,4);/q;-1;;/p+1. The van der Waals surface area contributed by atoms with Gasteiger partial charge in [0.2, 0.25) is 0 Å². The van der Waals surface area contributed by atoms with Crippen molar-refractivity contribution < 1.29 is 33.4 Å². The number of nitrogens with one attached hydrogen (secondary N) is 1. The van der Waals surface area contributed by atoms with E-state index in [1.165, 1.54) is 92.3 Å². The molecule has 2 aliphatic rings. The molecule has 6 nitrogen and oxygen atoms in total. The normalized spacial score (nSPS) is 15.0. The van der Waals surface area contributed by atoms with E-state index in [1.807, 2.05) is 37.4 Å². The van der Waals surface area contributed by atoms with Gasteiger partial charge < -0.3 is 15.1 Å². The fourth-order valence-corrected chi connectivity index (χ4v) is 12.0. The van der Waals surface area contributed by atoms with Gasteiger partial charge >= 0.3 is 0 Å². The van der Waals surface area contributed by atoms with Gasteiger partial charge in [0, 0.05) is 86.1 Å². The third-order valence-electron chi connectivity index (χ3n) is 9.78. The molecule has 0 saturated heterocycles. The molecule has 51 heavy (non-hydrogen) atoms. The van der Waals surface area contributed by atoms with Gasteiger partial charge in [-0.25, -0.2) is 0 Å². The van der Waals surface area contributed by atoms with Crippen molar-refractivity contribution in [3.05, 3.63) is 97.1 Å². The maximum absolute atomic E-state index is 9.19. The molecule has 2 N–H and O–H groups in total. The Morgan fingerprint density at radius 1 is 0.686 bits per heavy atom. The summed E-state index contributed by atoms with van der Waals surface area (Å²) in [5.41, 5.74) is 11.0. The molecule has 2 saturated carbocycles. The fourth-order valence-electron chi connectivity index (χ4n) is 7.60. The van der Waals surface area contributed by atoms with Gasteiger partial charge in [-0.2, -0.15) is 8.42 Å². The Kier molecular flexibility index (Phi) is 17.7. The van der Waals surface area contributed by atoms with E-state index < -0.39 is 18.0 Å². The van der Waals surface area contributed by atoms with Crippen molar-refractivity contribution in [2.45, 2.75) is 75.5 Å². The van der Waals surface area contributed by atoms with Crippen molar-refractivity contribution in [3.8, 4) is 22.3 Å². The Hall–Kier alpha value is -2.72. The van der Waals surface area contributed by atoms with Crippen LogP contribution in [0.3, 0.4) is 0 Å². The zero-order chi connectivity index (χ0) is 36.1. The van der Waals surface area contributed by atoms with Crippen molar-refractivity contribution in [3.63, 3.8) is 0 Å². The van der Waals surface area contributed by atoms with Crippen LogP contribution in [-0.4, -0.2) is 65.8 Å². The van der Waals surface area contributed by atoms with E-state index in [9.17, 15) is 8.42 Å². The van der Waals surface area contributed by atoms with Gasteiger partial charge in [-0.05, 0) is 81.3 Å². The molecule has 280 valence electrons. The molecule has 0 amide bonds. The Balaban J connectivity index is 0.000000290. The molecular formula is C42H58N3O3PPdS. The average molecular weight is 822 g/mol. The van der Waals surface area contributed by atoms with Gasteiger partial charge in [0.15, 0.2) is 0 Å². The molecule has 0 spiro atoms. The van der Waals surface area contributed by atoms with Crippen LogP contribution in [0.25, 0.3) is 22.3 Å². The van der Waals surface area contributed by atoms with E-state index in [0.29, 0.717) is 6.26 Å². The van der Waals surface area contributed by atoms with Crippen LogP contribution in [0.2, 0.25) is 0 Å². The Morgan fingerprint density at radius 3 is 1.63 bits per heavy atom. The monoisotopic (exact) mass is 821 g/mol. The SMILES string of the molecule is CN(C)c1cccc(N(C)C)c1-c1ccccc1[PH+](C1CCCCC1)C1CCCCC1.CNc1ccccc1-c1[c-]cccc1.CS(=O)(=O)O.[Pd]. The van der Waals surface area contributed by atoms with Gasteiger partial charge in [0.1, 0.15) is 0 Å². The molecule has 0 radical (unpaired) electrons. The summed E-state index contributed by atoms with van der Waals surface area (Å²) in [6, 6.07) is 35.8. The first-order valence-corrected chi connectivity index (χ1v) is 21.6. The molecule has 0 unspecified atom stereocenters. The van der Waals surface area contributed by atoms with Gasteiger partial charge in [-0.15, -0.1) is 35.9 Å². The van der Waals surface area contributed by atoms with E-state index in [4.69, 9.17) is 4.55 Å². The maximum atomic E-state index is 9.19. The van der Waals surface area contributed by atoms with Gasteiger partial charge in [0.25, 0.3) is 10.1 Å². The summed E-state index contributed by atoms with van der Waals surface area (Å²) < 4.78 is 25.9. The van der Waals surface area contributed by atoms with Crippen molar-refractivity contribution in [2.24, 2.45) is 0 Å². The van der Waals surface area contributed by atoms with Crippen molar-refractivity contribution in [1.82, 2.24) is 0 Å². The second-order valence-electron chi connectivity index (χ2n) is 13.9. The van der Waals surface area contributed by atoms with Crippen LogP contribution in [0.15, 0.2) is 91.0 Å². The molecule has 6 rings (SSSR count). The summed E-state index contributed by atoms with van der Waals surface area (Å²) in [6.07, 6.45) is 15.3. The molecule has 0 aromatic heterocycles. The van der Waals surface area contributed by atoms with E-state index in [-0.39, 0.29) is 20.4 Å². The van der Waals surface area contributed by atoms with Crippen LogP contribution >= 0.6 is 7.92 Å². The van der Waals surface area contributed by atoms with Gasteiger partial charge in [0.05, 0.1) is 22.9 Å². The van der Waals surface area contributed by atoms with E-state index in [0.717, 1.165) is 22.6 Å². The van der Waals surface area contributed by atoms with Crippen LogP contribution in [0.1, 0.15) is 64.2 Å². The van der Waals surface area contributed by atoms with Gasteiger partial charge in [-0.3, -0.25) is 4.55 Å². The Morgan fingerprint density at radius 2 is 1.16 bits per heavy atom. The summed E-state index contributed by atoms with van der Waals surface area (Å²) in [6.45, 7) is 0. The number of hydrogen-bond donors (Lipinski definition) is 2. The smallest absolute Gasteiger partial charge is 0.261 e. The largest absolute Gasteiger partial charge is 0.395 e. The molecule has 0 bridgehead atoms. The summed E-state index contributed by atoms with van der Waals surface area (Å²) >= 11 is 0. The number of benzene rings is 4. The van der Waals surface area contributed by atoms with Crippen LogP contribution in [0, 0.1) is 6.07 Å². The molecule has 2 aliphatic carbocycles. The van der Waals surface area contributed by atoms with Crippen LogP contribution < -0.4 is 20.4 Å². The average Bonchev–Trinajstić information content (AvgIpc) is 3.12. The van der Waals surface area contributed by atoms with Gasteiger partial charge in [-0.1, -0.05) is 60.9 Å². The summed E-state index contributed by atoms with van der Waals surface area (Å²) in [5.74, 6) is 0. The molecule has 4 aromatic rings. The Bertz CT molecular complexity index is 1670. The molecule has 9 heteroatoms. The van der Waals surface area contributed by atoms with E-state index in [2.05, 4.69) is 110 Å². The Labute approximate surface area is 323 Å². The minimum absolute atomic E-state index is 0. The topological polar surface area (TPSA) is 72.9 Å². The summed E-state index contributed by atoms with van der Waals surface area (Å²) in [5, 5.41) is 4.90. The minimum atomic E-state index is -3.67. The molecule has 4 aromatic carbocycles. The van der Waals surface area contributed by atoms with Crippen LogP contribution in [0.4, 0.5) is 17.1 Å². The predicted molar refractivity (Wildman–Crippen MR) is 220 cm³/mol. The van der Waals surface area contributed by atoms with Crippen molar-refractivity contribution >= 4 is 40.4 Å². The maximum Gasteiger partial charge on any atom is 0.261 e. The van der Waals surface area contributed by atoms with E-state index >= 15 is 0 Å². The fraction of sp³-hybridized carbons (Fsp3) is 0.429. The molecule has 2 fully saturated rings. The quantitative estimate of drug-likeness (QED) is 0.0799. The molecular weight excluding hydrogens is 764 g/mol. The summed E-state index contributed by atoms with van der Waals surface area (Å²) in [7, 11) is 6.40. The van der Waals surface area contributed by atoms with Crippen molar-refractivity contribution in [1.29, 1.82) is 0 Å². The first kappa shape index (κ1) is 42.7. The van der Waals surface area contributed by atoms with E-state index in [1.54, 1.807) is 5.30 Å². The second kappa shape index (κ2) is 21.1. The second-order valence-corrected chi connectivity index (χ2v) is 18.5. The van der Waals surface area contributed by atoms with Crippen LogP contribution in [0.5, 0.6) is 0 Å². The minimum Gasteiger partial charge on any atom is -0.395 e. The third kappa shape index (κ3) is 12.7. The third-order valence-corrected chi connectivity index (χ3v) is 13.7. The van der Waals surface area contributed by atoms with Crippen LogP contribution in [-0.2, 0) is 30.5 Å². The number of hydrogen-bond acceptors (Lipinski definition) is 5. The number of para-hydroxylation sites is 1. The number of anilines is 3. The summed E-state index contributed by atoms with van der Waals surface area (Å²) in [4.78, 5) is 4.60. The molecule has 0 heterocycles. The zero-order valence-corrected chi connectivity index (χ0v) is 34.6. The zero-order valence-electron chi connectivity index (χ0n) is 31.3. The van der Waals surface area contributed by atoms with Crippen molar-refractivity contribution in [2.75, 3.05) is 56.6 Å².